The van der Waals surface area contributed by atoms with Gasteiger partial charge in [0.25, 0.3) is 0 Å². The van der Waals surface area contributed by atoms with E-state index in [1.807, 2.05) is 0 Å². The van der Waals surface area contributed by atoms with Crippen molar-refractivity contribution in [3.8, 4) is 0 Å². The highest BCUT2D eigenvalue weighted by Crippen LogP contribution is 2.27. The SMILES string of the molecule is Cc1cccc(C(C)(CN)Cc2ccccc2)c1. The predicted molar refractivity (Wildman–Crippen MR) is 77.7 cm³/mol. The first-order valence-electron chi connectivity index (χ1n) is 6.45. The van der Waals surface area contributed by atoms with Crippen molar-refractivity contribution in [2.75, 3.05) is 6.54 Å². The zero-order valence-corrected chi connectivity index (χ0v) is 11.2. The first-order chi connectivity index (χ1) is 8.64. The number of hydrogen-bond donors (Lipinski definition) is 1. The molecule has 0 aliphatic rings. The zero-order chi connectivity index (χ0) is 13.0. The van der Waals surface area contributed by atoms with Gasteiger partial charge in [0.2, 0.25) is 0 Å². The molecule has 0 amide bonds. The normalized spacial score (nSPS) is 14.2. The molecule has 2 aromatic rings. The molecule has 18 heavy (non-hydrogen) atoms. The van der Waals surface area contributed by atoms with Crippen molar-refractivity contribution in [2.45, 2.75) is 25.7 Å². The Balaban J connectivity index is 2.31. The average molecular weight is 239 g/mol. The second kappa shape index (κ2) is 5.36. The molecule has 0 fully saturated rings. The molecule has 0 heterocycles. The summed E-state index contributed by atoms with van der Waals surface area (Å²) < 4.78 is 0. The number of hydrogen-bond acceptors (Lipinski definition) is 1. The lowest BCUT2D eigenvalue weighted by molar-refractivity contribution is 0.481. The average Bonchev–Trinajstić information content (AvgIpc) is 2.40. The van der Waals surface area contributed by atoms with E-state index < -0.39 is 0 Å². The van der Waals surface area contributed by atoms with E-state index in [4.69, 9.17) is 5.73 Å². The Bertz CT molecular complexity index is 504. The van der Waals surface area contributed by atoms with Crippen LogP contribution in [0.25, 0.3) is 0 Å². The molecule has 2 rings (SSSR count). The fourth-order valence-electron chi connectivity index (χ4n) is 2.36. The molecule has 0 aliphatic heterocycles. The lowest BCUT2D eigenvalue weighted by Crippen LogP contribution is -2.34. The van der Waals surface area contributed by atoms with Crippen molar-refractivity contribution in [2.24, 2.45) is 5.73 Å². The van der Waals surface area contributed by atoms with Crippen molar-refractivity contribution in [3.63, 3.8) is 0 Å². The fraction of sp³-hybridized carbons (Fsp3) is 0.294. The predicted octanol–water partition coefficient (Wildman–Crippen LogP) is 3.45. The van der Waals surface area contributed by atoms with Crippen LogP contribution in [0.5, 0.6) is 0 Å². The van der Waals surface area contributed by atoms with Crippen LogP contribution in [-0.2, 0) is 11.8 Å². The van der Waals surface area contributed by atoms with E-state index in [0.29, 0.717) is 6.54 Å². The van der Waals surface area contributed by atoms with Crippen LogP contribution in [0.15, 0.2) is 54.6 Å². The number of benzene rings is 2. The first kappa shape index (κ1) is 12.8. The lowest BCUT2D eigenvalue weighted by atomic mass is 9.77. The second-order valence-electron chi connectivity index (χ2n) is 5.30. The van der Waals surface area contributed by atoms with Gasteiger partial charge in [0.05, 0.1) is 0 Å². The molecule has 0 saturated heterocycles. The third-order valence-electron chi connectivity index (χ3n) is 3.60. The van der Waals surface area contributed by atoms with Crippen LogP contribution in [0.3, 0.4) is 0 Å². The Morgan fingerprint density at radius 1 is 1.00 bits per heavy atom. The summed E-state index contributed by atoms with van der Waals surface area (Å²) >= 11 is 0. The van der Waals surface area contributed by atoms with Gasteiger partial charge in [-0.15, -0.1) is 0 Å². The highest BCUT2D eigenvalue weighted by molar-refractivity contribution is 5.32. The van der Waals surface area contributed by atoms with Crippen molar-refractivity contribution >= 4 is 0 Å². The van der Waals surface area contributed by atoms with E-state index in [9.17, 15) is 0 Å². The van der Waals surface area contributed by atoms with Gasteiger partial charge in [0.1, 0.15) is 0 Å². The molecule has 1 atom stereocenters. The molecule has 0 saturated carbocycles. The Kier molecular flexibility index (Phi) is 3.83. The van der Waals surface area contributed by atoms with Crippen LogP contribution in [0.2, 0.25) is 0 Å². The fourth-order valence-corrected chi connectivity index (χ4v) is 2.36. The number of nitrogens with two attached hydrogens (primary N) is 1. The van der Waals surface area contributed by atoms with E-state index in [2.05, 4.69) is 68.4 Å². The van der Waals surface area contributed by atoms with Gasteiger partial charge in [-0.05, 0) is 24.5 Å². The lowest BCUT2D eigenvalue weighted by Gasteiger charge is -2.29. The van der Waals surface area contributed by atoms with Gasteiger partial charge < -0.3 is 5.73 Å². The molecule has 1 heteroatoms. The number of aryl methyl sites for hydroxylation is 1. The Morgan fingerprint density at radius 3 is 2.33 bits per heavy atom. The molecule has 2 aromatic carbocycles. The summed E-state index contributed by atoms with van der Waals surface area (Å²) in [5.41, 5.74) is 10.0. The first-order valence-corrected chi connectivity index (χ1v) is 6.45. The monoisotopic (exact) mass is 239 g/mol. The van der Waals surface area contributed by atoms with Gasteiger partial charge in [-0.1, -0.05) is 67.1 Å². The maximum absolute atomic E-state index is 6.04. The van der Waals surface area contributed by atoms with Gasteiger partial charge >= 0.3 is 0 Å². The molecular formula is C17H21N. The molecular weight excluding hydrogens is 218 g/mol. The third-order valence-corrected chi connectivity index (χ3v) is 3.60. The van der Waals surface area contributed by atoms with Crippen molar-refractivity contribution in [1.29, 1.82) is 0 Å². The Labute approximate surface area is 110 Å². The Hall–Kier alpha value is -1.60. The van der Waals surface area contributed by atoms with E-state index in [-0.39, 0.29) is 5.41 Å². The quantitative estimate of drug-likeness (QED) is 0.869. The van der Waals surface area contributed by atoms with Crippen molar-refractivity contribution in [3.05, 3.63) is 71.3 Å². The molecule has 1 nitrogen and oxygen atoms in total. The van der Waals surface area contributed by atoms with Crippen molar-refractivity contribution in [1.82, 2.24) is 0 Å². The maximum atomic E-state index is 6.04. The molecule has 2 N–H and O–H groups in total. The van der Waals surface area contributed by atoms with E-state index >= 15 is 0 Å². The molecule has 1 unspecified atom stereocenters. The second-order valence-corrected chi connectivity index (χ2v) is 5.30. The van der Waals surface area contributed by atoms with Gasteiger partial charge in [-0.2, -0.15) is 0 Å². The minimum atomic E-state index is 0.00731. The molecule has 0 aromatic heterocycles. The van der Waals surface area contributed by atoms with Crippen molar-refractivity contribution < 1.29 is 0 Å². The third kappa shape index (κ3) is 2.80. The summed E-state index contributed by atoms with van der Waals surface area (Å²) in [5, 5.41) is 0. The van der Waals surface area contributed by atoms with Gasteiger partial charge in [-0.3, -0.25) is 0 Å². The summed E-state index contributed by atoms with van der Waals surface area (Å²) in [5.74, 6) is 0. The van der Waals surface area contributed by atoms with Crippen LogP contribution in [0, 0.1) is 6.92 Å². The smallest absolute Gasteiger partial charge is 0.00876 e. The van der Waals surface area contributed by atoms with E-state index in [1.54, 1.807) is 0 Å². The van der Waals surface area contributed by atoms with Crippen LogP contribution in [0.1, 0.15) is 23.6 Å². The molecule has 0 bridgehead atoms. The van der Waals surface area contributed by atoms with E-state index in [1.165, 1.54) is 16.7 Å². The zero-order valence-electron chi connectivity index (χ0n) is 11.2. The summed E-state index contributed by atoms with van der Waals surface area (Å²) in [4.78, 5) is 0. The highest BCUT2D eigenvalue weighted by Gasteiger charge is 2.25. The van der Waals surface area contributed by atoms with Gasteiger partial charge in [-0.25, -0.2) is 0 Å². The van der Waals surface area contributed by atoms with Gasteiger partial charge in [0, 0.05) is 12.0 Å². The highest BCUT2D eigenvalue weighted by atomic mass is 14.6. The minimum absolute atomic E-state index is 0.00731. The Morgan fingerprint density at radius 2 is 1.72 bits per heavy atom. The molecule has 0 radical (unpaired) electrons. The summed E-state index contributed by atoms with van der Waals surface area (Å²) in [7, 11) is 0. The standard InChI is InChI=1S/C17H21N/c1-14-7-6-10-16(11-14)17(2,13-18)12-15-8-4-3-5-9-15/h3-11H,12-13,18H2,1-2H3. The van der Waals surface area contributed by atoms with Crippen LogP contribution < -0.4 is 5.73 Å². The largest absolute Gasteiger partial charge is 0.330 e. The summed E-state index contributed by atoms with van der Waals surface area (Å²) in [6.45, 7) is 5.03. The maximum Gasteiger partial charge on any atom is 0.00876 e. The summed E-state index contributed by atoms with van der Waals surface area (Å²) in [6, 6.07) is 19.2. The molecule has 0 spiro atoms. The molecule has 0 aliphatic carbocycles. The number of rotatable bonds is 4. The van der Waals surface area contributed by atoms with Crippen LogP contribution in [0.4, 0.5) is 0 Å². The van der Waals surface area contributed by atoms with E-state index in [0.717, 1.165) is 6.42 Å². The van der Waals surface area contributed by atoms with Crippen LogP contribution >= 0.6 is 0 Å². The molecule has 94 valence electrons. The minimum Gasteiger partial charge on any atom is -0.330 e. The van der Waals surface area contributed by atoms with Crippen LogP contribution in [-0.4, -0.2) is 6.54 Å². The summed E-state index contributed by atoms with van der Waals surface area (Å²) in [6.07, 6.45) is 0.980. The topological polar surface area (TPSA) is 26.0 Å². The van der Waals surface area contributed by atoms with Gasteiger partial charge in [0.15, 0.2) is 0 Å².